The fraction of sp³-hybridized carbons (Fsp3) is 0.474. The van der Waals surface area contributed by atoms with Crippen molar-refractivity contribution in [1.29, 1.82) is 0 Å². The number of ketones is 1. The van der Waals surface area contributed by atoms with Gasteiger partial charge in [0.2, 0.25) is 10.0 Å². The van der Waals surface area contributed by atoms with E-state index in [9.17, 15) is 13.2 Å². The molecule has 0 spiro atoms. The molecule has 1 aromatic carbocycles. The van der Waals surface area contributed by atoms with Crippen molar-refractivity contribution < 1.29 is 13.2 Å². The Labute approximate surface area is 165 Å². The van der Waals surface area contributed by atoms with Crippen LogP contribution in [0, 0.1) is 19.8 Å². The van der Waals surface area contributed by atoms with E-state index < -0.39 is 10.0 Å². The van der Waals surface area contributed by atoms with E-state index in [4.69, 9.17) is 0 Å². The topological polar surface area (TPSA) is 72.3 Å². The van der Waals surface area contributed by atoms with Gasteiger partial charge in [-0.05, 0) is 39.0 Å². The van der Waals surface area contributed by atoms with Gasteiger partial charge in [-0.1, -0.05) is 18.2 Å². The summed E-state index contributed by atoms with van der Waals surface area (Å²) in [6.45, 7) is 4.12. The zero-order valence-corrected chi connectivity index (χ0v) is 17.7. The van der Waals surface area contributed by atoms with E-state index in [2.05, 4.69) is 5.10 Å². The van der Waals surface area contributed by atoms with Crippen LogP contribution in [0.3, 0.4) is 0 Å². The van der Waals surface area contributed by atoms with Crippen LogP contribution in [0.25, 0.3) is 0 Å². The van der Waals surface area contributed by atoms with Crippen molar-refractivity contribution in [2.24, 2.45) is 13.0 Å². The highest BCUT2D eigenvalue weighted by Crippen LogP contribution is 2.30. The number of benzene rings is 1. The Morgan fingerprint density at radius 1 is 1.26 bits per heavy atom. The second-order valence-corrected chi connectivity index (χ2v) is 9.61. The van der Waals surface area contributed by atoms with Crippen molar-refractivity contribution in [3.05, 3.63) is 41.2 Å². The molecule has 0 radical (unpaired) electrons. The molecule has 0 bridgehead atoms. The zero-order valence-electron chi connectivity index (χ0n) is 16.1. The summed E-state index contributed by atoms with van der Waals surface area (Å²) in [7, 11) is -1.93. The van der Waals surface area contributed by atoms with E-state index in [0.29, 0.717) is 36.3 Å². The van der Waals surface area contributed by atoms with Gasteiger partial charge in [0, 0.05) is 36.5 Å². The molecule has 1 aliphatic rings. The molecule has 6 nitrogen and oxygen atoms in total. The minimum atomic E-state index is -3.67. The van der Waals surface area contributed by atoms with E-state index in [1.807, 2.05) is 30.5 Å². The van der Waals surface area contributed by atoms with Crippen LogP contribution in [0.5, 0.6) is 0 Å². The lowest BCUT2D eigenvalue weighted by Crippen LogP contribution is -2.42. The van der Waals surface area contributed by atoms with Crippen molar-refractivity contribution >= 4 is 27.6 Å². The number of hydrogen-bond acceptors (Lipinski definition) is 5. The highest BCUT2D eigenvalue weighted by atomic mass is 32.2. The van der Waals surface area contributed by atoms with Crippen molar-refractivity contribution in [3.63, 3.8) is 0 Å². The molecular weight excluding hydrogens is 382 g/mol. The third kappa shape index (κ3) is 3.70. The van der Waals surface area contributed by atoms with Gasteiger partial charge in [-0.25, -0.2) is 8.42 Å². The summed E-state index contributed by atoms with van der Waals surface area (Å²) >= 11 is 1.53. The quantitative estimate of drug-likeness (QED) is 0.563. The fourth-order valence-electron chi connectivity index (χ4n) is 3.70. The number of nitrogens with zero attached hydrogens (tertiary/aromatic N) is 3. The third-order valence-electron chi connectivity index (χ3n) is 5.17. The lowest BCUT2D eigenvalue weighted by Gasteiger charge is -2.31. The largest absolute Gasteiger partial charge is 0.294 e. The minimum absolute atomic E-state index is 0.0273. The number of piperidine rings is 1. The van der Waals surface area contributed by atoms with Crippen LogP contribution >= 0.6 is 11.8 Å². The number of carbonyl (C=O) groups excluding carboxylic acids is 1. The van der Waals surface area contributed by atoms with Crippen LogP contribution in [-0.4, -0.2) is 47.6 Å². The van der Waals surface area contributed by atoms with Crippen molar-refractivity contribution in [3.8, 4) is 0 Å². The van der Waals surface area contributed by atoms with E-state index in [-0.39, 0.29) is 23.1 Å². The zero-order chi connectivity index (χ0) is 19.8. The van der Waals surface area contributed by atoms with Gasteiger partial charge in [-0.2, -0.15) is 9.40 Å². The summed E-state index contributed by atoms with van der Waals surface area (Å²) in [6, 6.07) is 7.52. The molecule has 8 heteroatoms. The summed E-state index contributed by atoms with van der Waals surface area (Å²) < 4.78 is 29.5. The number of Topliss-reactive ketones (excluding diaryl/α,β-unsaturated/α-hetero) is 1. The first kappa shape index (κ1) is 20.1. The third-order valence-corrected chi connectivity index (χ3v) is 8.08. The molecule has 2 aromatic rings. The smallest absolute Gasteiger partial charge is 0.246 e. The van der Waals surface area contributed by atoms with Crippen LogP contribution < -0.4 is 0 Å². The number of hydrogen-bond donors (Lipinski definition) is 0. The summed E-state index contributed by atoms with van der Waals surface area (Å²) in [5, 5.41) is 4.24. The molecule has 2 heterocycles. The van der Waals surface area contributed by atoms with Gasteiger partial charge < -0.3 is 0 Å². The highest BCUT2D eigenvalue weighted by molar-refractivity contribution is 7.98. The van der Waals surface area contributed by atoms with Gasteiger partial charge in [0.15, 0.2) is 5.78 Å². The molecule has 1 atom stereocenters. The highest BCUT2D eigenvalue weighted by Gasteiger charge is 2.36. The van der Waals surface area contributed by atoms with E-state index >= 15 is 0 Å². The molecule has 1 aromatic heterocycles. The number of carbonyl (C=O) groups is 1. The first-order chi connectivity index (χ1) is 12.8. The molecule has 0 aliphatic carbocycles. The lowest BCUT2D eigenvalue weighted by atomic mass is 9.91. The standard InChI is InChI=1S/C19H25N3O3S2/c1-13-19(14(2)21(3)20-13)27(24,25)22-11-7-8-15(12-22)18(23)16-9-5-6-10-17(16)26-4/h5-6,9-10,15H,7-8,11-12H2,1-4H3/t15-/m0/s1. The molecule has 0 N–H and O–H groups in total. The maximum atomic E-state index is 13.2. The van der Waals surface area contributed by atoms with Crippen LogP contribution in [0.2, 0.25) is 0 Å². The Hall–Kier alpha value is -1.64. The summed E-state index contributed by atoms with van der Waals surface area (Å²) in [5.41, 5.74) is 1.80. The predicted molar refractivity (Wildman–Crippen MR) is 107 cm³/mol. The minimum Gasteiger partial charge on any atom is -0.294 e. The second kappa shape index (κ2) is 7.77. The normalized spacial score (nSPS) is 18.6. The number of aryl methyl sites for hydroxylation is 2. The first-order valence-electron chi connectivity index (χ1n) is 8.95. The van der Waals surface area contributed by atoms with Crippen LogP contribution in [0.1, 0.15) is 34.6 Å². The molecule has 1 saturated heterocycles. The number of aromatic nitrogens is 2. The Kier molecular flexibility index (Phi) is 5.79. The average molecular weight is 408 g/mol. The van der Waals surface area contributed by atoms with Crippen molar-refractivity contribution in [2.45, 2.75) is 36.5 Å². The van der Waals surface area contributed by atoms with Crippen LogP contribution in [0.4, 0.5) is 0 Å². The fourth-order valence-corrected chi connectivity index (χ4v) is 6.23. The molecule has 0 unspecified atom stereocenters. The second-order valence-electron chi connectivity index (χ2n) is 6.89. The van der Waals surface area contributed by atoms with Crippen LogP contribution in [-0.2, 0) is 17.1 Å². The first-order valence-corrected chi connectivity index (χ1v) is 11.6. The number of rotatable bonds is 5. The van der Waals surface area contributed by atoms with Gasteiger partial charge in [0.05, 0.1) is 11.4 Å². The maximum Gasteiger partial charge on any atom is 0.246 e. The van der Waals surface area contributed by atoms with E-state index in [1.165, 1.54) is 16.1 Å². The Bertz CT molecular complexity index is 967. The predicted octanol–water partition coefficient (Wildman–Crippen LogP) is 3.04. The van der Waals surface area contributed by atoms with E-state index in [1.54, 1.807) is 25.6 Å². The summed E-state index contributed by atoms with van der Waals surface area (Å²) in [4.78, 5) is 14.3. The van der Waals surface area contributed by atoms with Crippen LogP contribution in [0.15, 0.2) is 34.1 Å². The molecule has 1 fully saturated rings. The molecule has 1 aliphatic heterocycles. The van der Waals surface area contributed by atoms with Gasteiger partial charge in [0.25, 0.3) is 0 Å². The number of sulfonamides is 1. The molecular formula is C19H25N3O3S2. The molecule has 0 saturated carbocycles. The Morgan fingerprint density at radius 3 is 2.59 bits per heavy atom. The van der Waals surface area contributed by atoms with Gasteiger partial charge in [-0.3, -0.25) is 9.48 Å². The number of thioether (sulfide) groups is 1. The summed E-state index contributed by atoms with van der Waals surface area (Å²) in [6.07, 6.45) is 3.33. The maximum absolute atomic E-state index is 13.2. The molecule has 3 rings (SSSR count). The van der Waals surface area contributed by atoms with Gasteiger partial charge >= 0.3 is 0 Å². The Morgan fingerprint density at radius 2 is 1.96 bits per heavy atom. The van der Waals surface area contributed by atoms with E-state index in [0.717, 1.165) is 4.90 Å². The molecule has 0 amide bonds. The lowest BCUT2D eigenvalue weighted by molar-refractivity contribution is 0.0869. The molecule has 27 heavy (non-hydrogen) atoms. The van der Waals surface area contributed by atoms with Gasteiger partial charge in [0.1, 0.15) is 4.90 Å². The van der Waals surface area contributed by atoms with Crippen molar-refractivity contribution in [1.82, 2.24) is 14.1 Å². The monoisotopic (exact) mass is 407 g/mol. The summed E-state index contributed by atoms with van der Waals surface area (Å²) in [5.74, 6) is -0.293. The molecule has 146 valence electrons. The average Bonchev–Trinajstić information content (AvgIpc) is 2.93. The SMILES string of the molecule is CSc1ccccc1C(=O)[C@H]1CCCN(S(=O)(=O)c2c(C)nn(C)c2C)C1. The Balaban J connectivity index is 1.89. The van der Waals surface area contributed by atoms with Crippen molar-refractivity contribution in [2.75, 3.05) is 19.3 Å². The van der Waals surface area contributed by atoms with Gasteiger partial charge in [-0.15, -0.1) is 11.8 Å².